The number of rotatable bonds is 3. The van der Waals surface area contributed by atoms with Crippen molar-refractivity contribution in [3.05, 3.63) is 30.3 Å². The van der Waals surface area contributed by atoms with Gasteiger partial charge in [-0.1, -0.05) is 18.2 Å². The fourth-order valence-electron chi connectivity index (χ4n) is 2.32. The number of para-hydroxylation sites is 1. The predicted molar refractivity (Wildman–Crippen MR) is 62.1 cm³/mol. The summed E-state index contributed by atoms with van der Waals surface area (Å²) in [5, 5.41) is 0. The molecule has 1 saturated heterocycles. The smallest absolute Gasteiger partial charge is 0.122 e. The minimum absolute atomic E-state index is 0.415. The highest BCUT2D eigenvalue weighted by atomic mass is 16.1. The van der Waals surface area contributed by atoms with Crippen molar-refractivity contribution in [2.45, 2.75) is 31.7 Å². The van der Waals surface area contributed by atoms with Crippen LogP contribution in [-0.4, -0.2) is 18.9 Å². The molecule has 1 aliphatic heterocycles. The summed E-state index contributed by atoms with van der Waals surface area (Å²) in [7, 11) is 0. The first-order chi connectivity index (χ1) is 7.42. The van der Waals surface area contributed by atoms with Crippen LogP contribution >= 0.6 is 0 Å². The number of anilines is 1. The summed E-state index contributed by atoms with van der Waals surface area (Å²) in [5.41, 5.74) is 1.25. The fourth-order valence-corrected chi connectivity index (χ4v) is 2.32. The summed E-state index contributed by atoms with van der Waals surface area (Å²) in [5.74, 6) is 0. The van der Waals surface area contributed by atoms with E-state index in [0.717, 1.165) is 19.3 Å². The van der Waals surface area contributed by atoms with Crippen LogP contribution in [0.4, 0.5) is 5.69 Å². The van der Waals surface area contributed by atoms with Crippen molar-refractivity contribution in [3.63, 3.8) is 0 Å². The summed E-state index contributed by atoms with van der Waals surface area (Å²) in [6.45, 7) is 1.09. The van der Waals surface area contributed by atoms with Gasteiger partial charge >= 0.3 is 0 Å². The molecule has 2 rings (SSSR count). The Balaban J connectivity index is 2.14. The molecular formula is C13H17NO. The van der Waals surface area contributed by atoms with E-state index in [9.17, 15) is 4.79 Å². The SMILES string of the molecule is O=CCC1CCCCN1c1ccccc1. The summed E-state index contributed by atoms with van der Waals surface area (Å²) in [4.78, 5) is 13.0. The van der Waals surface area contributed by atoms with Crippen LogP contribution in [0.1, 0.15) is 25.7 Å². The molecule has 0 spiro atoms. The van der Waals surface area contributed by atoms with E-state index in [1.807, 2.05) is 6.07 Å². The molecule has 1 aliphatic rings. The Morgan fingerprint density at radius 1 is 1.27 bits per heavy atom. The minimum atomic E-state index is 0.415. The third-order valence-corrected chi connectivity index (χ3v) is 3.08. The Hall–Kier alpha value is -1.31. The molecule has 1 fully saturated rings. The number of piperidine rings is 1. The van der Waals surface area contributed by atoms with Gasteiger partial charge in [0.15, 0.2) is 0 Å². The van der Waals surface area contributed by atoms with Crippen molar-refractivity contribution >= 4 is 12.0 Å². The molecule has 1 heterocycles. The quantitative estimate of drug-likeness (QED) is 0.704. The van der Waals surface area contributed by atoms with E-state index in [2.05, 4.69) is 29.2 Å². The van der Waals surface area contributed by atoms with Crippen molar-refractivity contribution in [2.75, 3.05) is 11.4 Å². The molecule has 15 heavy (non-hydrogen) atoms. The molecule has 80 valence electrons. The summed E-state index contributed by atoms with van der Waals surface area (Å²) >= 11 is 0. The minimum Gasteiger partial charge on any atom is -0.368 e. The molecule has 0 N–H and O–H groups in total. The maximum Gasteiger partial charge on any atom is 0.122 e. The van der Waals surface area contributed by atoms with Crippen LogP contribution < -0.4 is 4.90 Å². The van der Waals surface area contributed by atoms with E-state index in [0.29, 0.717) is 12.5 Å². The Morgan fingerprint density at radius 3 is 2.80 bits per heavy atom. The van der Waals surface area contributed by atoms with Gasteiger partial charge in [0, 0.05) is 24.7 Å². The van der Waals surface area contributed by atoms with Gasteiger partial charge in [0.1, 0.15) is 6.29 Å². The third kappa shape index (κ3) is 2.38. The van der Waals surface area contributed by atoms with E-state index in [4.69, 9.17) is 0 Å². The molecule has 1 aromatic carbocycles. The third-order valence-electron chi connectivity index (χ3n) is 3.08. The highest BCUT2D eigenvalue weighted by Crippen LogP contribution is 2.25. The Morgan fingerprint density at radius 2 is 2.07 bits per heavy atom. The molecule has 1 unspecified atom stereocenters. The number of carbonyl (C=O) groups is 1. The molecule has 1 atom stereocenters. The lowest BCUT2D eigenvalue weighted by Crippen LogP contribution is -2.39. The van der Waals surface area contributed by atoms with Crippen molar-refractivity contribution < 1.29 is 4.79 Å². The van der Waals surface area contributed by atoms with Gasteiger partial charge in [0.25, 0.3) is 0 Å². The first kappa shape index (κ1) is 10.2. The van der Waals surface area contributed by atoms with Crippen LogP contribution in [-0.2, 0) is 4.79 Å². The van der Waals surface area contributed by atoms with Gasteiger partial charge in [-0.05, 0) is 31.4 Å². The van der Waals surface area contributed by atoms with Crippen molar-refractivity contribution in [3.8, 4) is 0 Å². The molecule has 0 amide bonds. The van der Waals surface area contributed by atoms with Gasteiger partial charge in [-0.3, -0.25) is 0 Å². The lowest BCUT2D eigenvalue weighted by molar-refractivity contribution is -0.108. The highest BCUT2D eigenvalue weighted by molar-refractivity contribution is 5.55. The molecule has 1 aromatic rings. The zero-order valence-electron chi connectivity index (χ0n) is 8.93. The van der Waals surface area contributed by atoms with E-state index >= 15 is 0 Å². The van der Waals surface area contributed by atoms with Gasteiger partial charge in [-0.15, -0.1) is 0 Å². The largest absolute Gasteiger partial charge is 0.368 e. The normalized spacial score (nSPS) is 21.3. The number of nitrogens with zero attached hydrogens (tertiary/aromatic N) is 1. The predicted octanol–water partition coefficient (Wildman–Crippen LogP) is 2.63. The molecule has 2 heteroatoms. The molecule has 0 aliphatic carbocycles. The fraction of sp³-hybridized carbons (Fsp3) is 0.462. The molecule has 0 radical (unpaired) electrons. The van der Waals surface area contributed by atoms with Gasteiger partial charge in [0.2, 0.25) is 0 Å². The second kappa shape index (κ2) is 4.96. The second-order valence-corrected chi connectivity index (χ2v) is 4.08. The molecule has 0 aromatic heterocycles. The van der Waals surface area contributed by atoms with Gasteiger partial charge in [-0.25, -0.2) is 0 Å². The van der Waals surface area contributed by atoms with E-state index in [1.54, 1.807) is 0 Å². The second-order valence-electron chi connectivity index (χ2n) is 4.08. The lowest BCUT2D eigenvalue weighted by Gasteiger charge is -2.36. The Kier molecular flexibility index (Phi) is 3.38. The van der Waals surface area contributed by atoms with E-state index in [-0.39, 0.29) is 0 Å². The number of hydrogen-bond acceptors (Lipinski definition) is 2. The van der Waals surface area contributed by atoms with Gasteiger partial charge in [0.05, 0.1) is 0 Å². The standard InChI is InChI=1S/C13H17NO/c15-11-9-13-8-4-5-10-14(13)12-6-2-1-3-7-12/h1-3,6-7,11,13H,4-5,8-10H2. The summed E-state index contributed by atoms with van der Waals surface area (Å²) < 4.78 is 0. The maximum atomic E-state index is 10.6. The zero-order valence-corrected chi connectivity index (χ0v) is 8.93. The van der Waals surface area contributed by atoms with E-state index < -0.39 is 0 Å². The van der Waals surface area contributed by atoms with Crippen LogP contribution in [0.5, 0.6) is 0 Å². The highest BCUT2D eigenvalue weighted by Gasteiger charge is 2.21. The number of benzene rings is 1. The number of hydrogen-bond donors (Lipinski definition) is 0. The van der Waals surface area contributed by atoms with Gasteiger partial charge in [-0.2, -0.15) is 0 Å². The zero-order chi connectivity index (χ0) is 10.5. The Bertz CT molecular complexity index is 310. The number of carbonyl (C=O) groups excluding carboxylic acids is 1. The van der Waals surface area contributed by atoms with E-state index in [1.165, 1.54) is 18.5 Å². The molecular weight excluding hydrogens is 186 g/mol. The topological polar surface area (TPSA) is 20.3 Å². The molecule has 0 saturated carbocycles. The monoisotopic (exact) mass is 203 g/mol. The lowest BCUT2D eigenvalue weighted by atomic mass is 9.99. The number of aldehydes is 1. The van der Waals surface area contributed by atoms with Crippen molar-refractivity contribution in [2.24, 2.45) is 0 Å². The summed E-state index contributed by atoms with van der Waals surface area (Å²) in [6, 6.07) is 10.8. The van der Waals surface area contributed by atoms with Crippen LogP contribution in [0.2, 0.25) is 0 Å². The summed E-state index contributed by atoms with van der Waals surface area (Å²) in [6.07, 6.45) is 5.35. The first-order valence-corrected chi connectivity index (χ1v) is 5.67. The van der Waals surface area contributed by atoms with Crippen LogP contribution in [0.15, 0.2) is 30.3 Å². The van der Waals surface area contributed by atoms with Crippen LogP contribution in [0.3, 0.4) is 0 Å². The van der Waals surface area contributed by atoms with Gasteiger partial charge < -0.3 is 9.69 Å². The average Bonchev–Trinajstić information content (AvgIpc) is 2.31. The Labute approximate surface area is 90.9 Å². The molecule has 0 bridgehead atoms. The van der Waals surface area contributed by atoms with Crippen molar-refractivity contribution in [1.29, 1.82) is 0 Å². The molecule has 2 nitrogen and oxygen atoms in total. The average molecular weight is 203 g/mol. The van der Waals surface area contributed by atoms with Crippen molar-refractivity contribution in [1.82, 2.24) is 0 Å². The van der Waals surface area contributed by atoms with Crippen LogP contribution in [0, 0.1) is 0 Å². The van der Waals surface area contributed by atoms with Crippen LogP contribution in [0.25, 0.3) is 0 Å². The first-order valence-electron chi connectivity index (χ1n) is 5.67. The maximum absolute atomic E-state index is 10.6.